The SMILES string of the molecule is C=CCC(C)Oc1cc(F)ccc1Br. The zero-order valence-electron chi connectivity index (χ0n) is 7.97. The normalized spacial score (nSPS) is 12.2. The summed E-state index contributed by atoms with van der Waals surface area (Å²) in [7, 11) is 0. The third-order valence-corrected chi connectivity index (χ3v) is 2.38. The Hall–Kier alpha value is -0.830. The predicted molar refractivity (Wildman–Crippen MR) is 59.0 cm³/mol. The predicted octanol–water partition coefficient (Wildman–Crippen LogP) is 3.93. The molecular formula is C11H12BrFO. The lowest BCUT2D eigenvalue weighted by atomic mass is 10.3. The molecule has 1 aromatic rings. The van der Waals surface area contributed by atoms with Crippen LogP contribution in [-0.2, 0) is 0 Å². The minimum Gasteiger partial charge on any atom is -0.489 e. The number of ether oxygens (including phenoxy) is 1. The van der Waals surface area contributed by atoms with E-state index >= 15 is 0 Å². The molecule has 3 heteroatoms. The molecule has 1 atom stereocenters. The van der Waals surface area contributed by atoms with Crippen molar-refractivity contribution in [3.05, 3.63) is 41.1 Å². The molecule has 76 valence electrons. The Morgan fingerprint density at radius 1 is 1.64 bits per heavy atom. The molecule has 0 radical (unpaired) electrons. The minimum atomic E-state index is -0.297. The second-order valence-corrected chi connectivity index (χ2v) is 3.88. The van der Waals surface area contributed by atoms with Crippen LogP contribution in [0.5, 0.6) is 5.75 Å². The second kappa shape index (κ2) is 5.15. The highest BCUT2D eigenvalue weighted by Gasteiger charge is 2.06. The van der Waals surface area contributed by atoms with Crippen LogP contribution in [-0.4, -0.2) is 6.10 Å². The number of hydrogen-bond donors (Lipinski definition) is 0. The van der Waals surface area contributed by atoms with Crippen LogP contribution in [0.25, 0.3) is 0 Å². The molecule has 0 heterocycles. The molecule has 0 aromatic heterocycles. The summed E-state index contributed by atoms with van der Waals surface area (Å²) in [6.07, 6.45) is 2.52. The standard InChI is InChI=1S/C11H12BrFO/c1-3-4-8(2)14-11-7-9(13)5-6-10(11)12/h3,5-8H,1,4H2,2H3. The van der Waals surface area contributed by atoms with Gasteiger partial charge in [0, 0.05) is 12.5 Å². The summed E-state index contributed by atoms with van der Waals surface area (Å²) < 4.78 is 19.1. The monoisotopic (exact) mass is 258 g/mol. The summed E-state index contributed by atoms with van der Waals surface area (Å²) >= 11 is 3.29. The maximum atomic E-state index is 12.9. The summed E-state index contributed by atoms with van der Waals surface area (Å²) in [6, 6.07) is 4.38. The molecular weight excluding hydrogens is 247 g/mol. The smallest absolute Gasteiger partial charge is 0.136 e. The number of rotatable bonds is 4. The van der Waals surface area contributed by atoms with E-state index in [9.17, 15) is 4.39 Å². The lowest BCUT2D eigenvalue weighted by Gasteiger charge is -2.13. The maximum absolute atomic E-state index is 12.9. The van der Waals surface area contributed by atoms with Crippen molar-refractivity contribution in [1.82, 2.24) is 0 Å². The molecule has 0 fully saturated rings. The highest BCUT2D eigenvalue weighted by Crippen LogP contribution is 2.26. The zero-order valence-corrected chi connectivity index (χ0v) is 9.55. The van der Waals surface area contributed by atoms with Crippen LogP contribution >= 0.6 is 15.9 Å². The van der Waals surface area contributed by atoms with Crippen molar-refractivity contribution in [1.29, 1.82) is 0 Å². The van der Waals surface area contributed by atoms with Gasteiger partial charge in [0.25, 0.3) is 0 Å². The van der Waals surface area contributed by atoms with E-state index in [1.807, 2.05) is 6.92 Å². The maximum Gasteiger partial charge on any atom is 0.136 e. The van der Waals surface area contributed by atoms with E-state index in [4.69, 9.17) is 4.74 Å². The van der Waals surface area contributed by atoms with E-state index in [1.54, 1.807) is 12.1 Å². The van der Waals surface area contributed by atoms with Crippen LogP contribution in [0.2, 0.25) is 0 Å². The topological polar surface area (TPSA) is 9.23 Å². The van der Waals surface area contributed by atoms with Gasteiger partial charge in [-0.15, -0.1) is 6.58 Å². The van der Waals surface area contributed by atoms with Crippen LogP contribution in [0.4, 0.5) is 4.39 Å². The van der Waals surface area contributed by atoms with Gasteiger partial charge in [-0.05, 0) is 35.0 Å². The van der Waals surface area contributed by atoms with Gasteiger partial charge in [-0.25, -0.2) is 4.39 Å². The van der Waals surface area contributed by atoms with Crippen LogP contribution in [0.3, 0.4) is 0 Å². The average Bonchev–Trinajstić information content (AvgIpc) is 2.12. The molecule has 0 saturated heterocycles. The van der Waals surface area contributed by atoms with Gasteiger partial charge in [0.05, 0.1) is 10.6 Å². The Balaban J connectivity index is 2.74. The minimum absolute atomic E-state index is 0.00519. The summed E-state index contributed by atoms with van der Waals surface area (Å²) in [5, 5.41) is 0. The van der Waals surface area contributed by atoms with Gasteiger partial charge in [0.1, 0.15) is 11.6 Å². The first kappa shape index (κ1) is 11.2. The molecule has 1 aromatic carbocycles. The molecule has 0 spiro atoms. The molecule has 1 unspecified atom stereocenters. The van der Waals surface area contributed by atoms with E-state index in [0.29, 0.717) is 5.75 Å². The third-order valence-electron chi connectivity index (χ3n) is 1.72. The third kappa shape index (κ3) is 3.14. The van der Waals surface area contributed by atoms with Gasteiger partial charge in [-0.1, -0.05) is 6.08 Å². The second-order valence-electron chi connectivity index (χ2n) is 3.03. The molecule has 0 aliphatic heterocycles. The molecule has 1 rings (SSSR count). The largest absolute Gasteiger partial charge is 0.489 e. The van der Waals surface area contributed by atoms with Crippen molar-refractivity contribution in [2.24, 2.45) is 0 Å². The van der Waals surface area contributed by atoms with Crippen LogP contribution < -0.4 is 4.74 Å². The molecule has 1 nitrogen and oxygen atoms in total. The Bertz CT molecular complexity index is 325. The van der Waals surface area contributed by atoms with Gasteiger partial charge in [0.15, 0.2) is 0 Å². The summed E-state index contributed by atoms with van der Waals surface area (Å²) in [4.78, 5) is 0. The summed E-state index contributed by atoms with van der Waals surface area (Å²) in [5.41, 5.74) is 0. The zero-order chi connectivity index (χ0) is 10.6. The molecule has 0 N–H and O–H groups in total. The molecule has 0 bridgehead atoms. The van der Waals surface area contributed by atoms with Crippen LogP contribution in [0, 0.1) is 5.82 Å². The van der Waals surface area contributed by atoms with E-state index in [1.165, 1.54) is 12.1 Å². The molecule has 0 saturated carbocycles. The summed E-state index contributed by atoms with van der Waals surface area (Å²) in [5.74, 6) is 0.230. The van der Waals surface area contributed by atoms with E-state index in [-0.39, 0.29) is 11.9 Å². The number of halogens is 2. The lowest BCUT2D eigenvalue weighted by Crippen LogP contribution is -2.10. The van der Waals surface area contributed by atoms with Crippen molar-refractivity contribution in [2.45, 2.75) is 19.4 Å². The number of hydrogen-bond acceptors (Lipinski definition) is 1. The molecule has 14 heavy (non-hydrogen) atoms. The van der Waals surface area contributed by atoms with Crippen molar-refractivity contribution >= 4 is 15.9 Å². The molecule has 0 aliphatic carbocycles. The van der Waals surface area contributed by atoms with Gasteiger partial charge in [0.2, 0.25) is 0 Å². The van der Waals surface area contributed by atoms with Gasteiger partial charge in [-0.2, -0.15) is 0 Å². The fourth-order valence-electron chi connectivity index (χ4n) is 1.07. The van der Waals surface area contributed by atoms with Gasteiger partial charge < -0.3 is 4.74 Å². The Morgan fingerprint density at radius 3 is 3.00 bits per heavy atom. The van der Waals surface area contributed by atoms with Crippen molar-refractivity contribution in [2.75, 3.05) is 0 Å². The van der Waals surface area contributed by atoms with Crippen LogP contribution in [0.15, 0.2) is 35.3 Å². The first-order valence-corrected chi connectivity index (χ1v) is 5.15. The van der Waals surface area contributed by atoms with Crippen LogP contribution in [0.1, 0.15) is 13.3 Å². The average molecular weight is 259 g/mol. The lowest BCUT2D eigenvalue weighted by molar-refractivity contribution is 0.223. The van der Waals surface area contributed by atoms with Crippen molar-refractivity contribution < 1.29 is 9.13 Å². The summed E-state index contributed by atoms with van der Waals surface area (Å²) in [6.45, 7) is 5.53. The van der Waals surface area contributed by atoms with Gasteiger partial charge in [-0.3, -0.25) is 0 Å². The highest BCUT2D eigenvalue weighted by atomic mass is 79.9. The molecule has 0 amide bonds. The quantitative estimate of drug-likeness (QED) is 0.744. The van der Waals surface area contributed by atoms with E-state index in [2.05, 4.69) is 22.5 Å². The number of benzene rings is 1. The fraction of sp³-hybridized carbons (Fsp3) is 0.273. The Morgan fingerprint density at radius 2 is 2.36 bits per heavy atom. The Kier molecular flexibility index (Phi) is 4.14. The first-order chi connectivity index (χ1) is 6.63. The van der Waals surface area contributed by atoms with E-state index in [0.717, 1.165) is 10.9 Å². The molecule has 0 aliphatic rings. The highest BCUT2D eigenvalue weighted by molar-refractivity contribution is 9.10. The fourth-order valence-corrected chi connectivity index (χ4v) is 1.41. The van der Waals surface area contributed by atoms with Crippen molar-refractivity contribution in [3.8, 4) is 5.75 Å². The van der Waals surface area contributed by atoms with Gasteiger partial charge >= 0.3 is 0 Å². The van der Waals surface area contributed by atoms with Crippen molar-refractivity contribution in [3.63, 3.8) is 0 Å². The first-order valence-electron chi connectivity index (χ1n) is 4.36. The van der Waals surface area contributed by atoms with E-state index < -0.39 is 0 Å². The Labute approximate surface area is 91.7 Å².